The van der Waals surface area contributed by atoms with Crippen molar-refractivity contribution >= 4 is 69.7 Å². The molecule has 0 fully saturated rings. The zero-order valence-corrected chi connectivity index (χ0v) is 20.4. The predicted octanol–water partition coefficient (Wildman–Crippen LogP) is 10.2. The Bertz CT molecular complexity index is 1410. The lowest BCUT2D eigenvalue weighted by molar-refractivity contribution is -0.263. The summed E-state index contributed by atoms with van der Waals surface area (Å²) in [4.78, 5) is 2.50. The number of fused-ring (bicyclic) bond motifs is 3. The molecule has 11 heteroatoms. The van der Waals surface area contributed by atoms with Gasteiger partial charge in [-0.05, 0) is 38.0 Å². The van der Waals surface area contributed by atoms with Crippen molar-refractivity contribution in [1.82, 2.24) is 0 Å². The summed E-state index contributed by atoms with van der Waals surface area (Å²) in [6.45, 7) is 3.46. The van der Waals surface area contributed by atoms with Gasteiger partial charge in [0.15, 0.2) is 5.83 Å². The SMILES string of the molecule is CCCCc1cc2sc3cc(-c4cc(C5=C(F)C(F)(F)C(F)(F)C5(F)F)c(C)s4)sc3c2s1. The lowest BCUT2D eigenvalue weighted by Crippen LogP contribution is -2.48. The van der Waals surface area contributed by atoms with E-state index in [4.69, 9.17) is 0 Å². The second kappa shape index (κ2) is 7.53. The third kappa shape index (κ3) is 3.18. The first-order valence-corrected chi connectivity index (χ1v) is 13.3. The van der Waals surface area contributed by atoms with E-state index < -0.39 is 34.7 Å². The van der Waals surface area contributed by atoms with Crippen molar-refractivity contribution in [3.05, 3.63) is 39.3 Å². The molecule has 1 aliphatic carbocycles. The van der Waals surface area contributed by atoms with Gasteiger partial charge in [0.2, 0.25) is 0 Å². The van der Waals surface area contributed by atoms with Gasteiger partial charge >= 0.3 is 17.8 Å². The molecule has 0 saturated carbocycles. The summed E-state index contributed by atoms with van der Waals surface area (Å²) >= 11 is 5.74. The van der Waals surface area contributed by atoms with E-state index in [1.54, 1.807) is 22.7 Å². The third-order valence-corrected chi connectivity index (χ3v) is 10.8. The lowest BCUT2D eigenvalue weighted by atomic mass is 10.0. The van der Waals surface area contributed by atoms with Gasteiger partial charge in [0.05, 0.1) is 15.0 Å². The fraction of sp³-hybridized carbons (Fsp3) is 0.364. The first-order chi connectivity index (χ1) is 15.4. The minimum atomic E-state index is -5.83. The maximum Gasteiger partial charge on any atom is 0.383 e. The van der Waals surface area contributed by atoms with E-state index in [9.17, 15) is 30.7 Å². The van der Waals surface area contributed by atoms with E-state index in [1.165, 1.54) is 27.8 Å². The van der Waals surface area contributed by atoms with E-state index in [-0.39, 0.29) is 4.88 Å². The molecule has 1 aliphatic rings. The number of allylic oxidation sites excluding steroid dienone is 2. The average molecular weight is 541 g/mol. The minimum absolute atomic E-state index is 0.0724. The normalized spacial score (nSPS) is 19.4. The molecule has 5 rings (SSSR count). The predicted molar refractivity (Wildman–Crippen MR) is 125 cm³/mol. The van der Waals surface area contributed by atoms with Gasteiger partial charge < -0.3 is 0 Å². The van der Waals surface area contributed by atoms with Gasteiger partial charge in [-0.2, -0.15) is 26.3 Å². The van der Waals surface area contributed by atoms with Crippen LogP contribution in [0.2, 0.25) is 0 Å². The van der Waals surface area contributed by atoms with Crippen molar-refractivity contribution < 1.29 is 30.7 Å². The van der Waals surface area contributed by atoms with Crippen LogP contribution >= 0.6 is 45.3 Å². The molecular formula is C22H15F7S4. The first kappa shape index (κ1) is 23.3. The van der Waals surface area contributed by atoms with Crippen LogP contribution in [0.4, 0.5) is 30.7 Å². The molecule has 0 aromatic carbocycles. The van der Waals surface area contributed by atoms with Crippen LogP contribution in [-0.4, -0.2) is 17.8 Å². The molecular weight excluding hydrogens is 525 g/mol. The molecule has 0 atom stereocenters. The molecule has 0 nitrogen and oxygen atoms in total. The third-order valence-electron chi connectivity index (χ3n) is 5.68. The summed E-state index contributed by atoms with van der Waals surface area (Å²) in [6.07, 6.45) is 3.19. The number of thiophene rings is 4. The molecule has 0 unspecified atom stereocenters. The molecule has 0 amide bonds. The van der Waals surface area contributed by atoms with Crippen LogP contribution in [0.3, 0.4) is 0 Å². The fourth-order valence-corrected chi connectivity index (χ4v) is 9.09. The standard InChI is InChI=1S/C22H15F7S4/c1-3-4-5-10-6-14-17(31-10)18-15(32-14)8-13(33-18)12-7-11(9(2)30-12)16-19(23)21(26,27)22(28,29)20(16,24)25/h6-8H,3-5H2,1-2H3. The van der Waals surface area contributed by atoms with Gasteiger partial charge in [0.1, 0.15) is 0 Å². The second-order valence-corrected chi connectivity index (χ2v) is 12.4. The average Bonchev–Trinajstić information content (AvgIpc) is 3.48. The number of aryl methyl sites for hydroxylation is 2. The summed E-state index contributed by atoms with van der Waals surface area (Å²) < 4.78 is 102. The highest BCUT2D eigenvalue weighted by Gasteiger charge is 2.81. The molecule has 0 N–H and O–H groups in total. The number of rotatable bonds is 5. The minimum Gasteiger partial charge on any atom is -0.204 e. The Hall–Kier alpha value is -1.43. The van der Waals surface area contributed by atoms with Crippen molar-refractivity contribution in [3.8, 4) is 9.75 Å². The zero-order chi connectivity index (χ0) is 23.9. The summed E-state index contributed by atoms with van der Waals surface area (Å²) in [5, 5.41) is 0. The monoisotopic (exact) mass is 540 g/mol. The van der Waals surface area contributed by atoms with Gasteiger partial charge in [-0.1, -0.05) is 13.3 Å². The molecule has 176 valence electrons. The smallest absolute Gasteiger partial charge is 0.204 e. The van der Waals surface area contributed by atoms with Crippen LogP contribution < -0.4 is 0 Å². The van der Waals surface area contributed by atoms with Crippen molar-refractivity contribution in [1.29, 1.82) is 0 Å². The fourth-order valence-electron chi connectivity index (χ4n) is 3.91. The zero-order valence-electron chi connectivity index (χ0n) is 17.1. The molecule has 0 spiro atoms. The van der Waals surface area contributed by atoms with E-state index in [2.05, 4.69) is 13.0 Å². The van der Waals surface area contributed by atoms with Crippen LogP contribution in [0.5, 0.6) is 0 Å². The quantitative estimate of drug-likeness (QED) is 0.221. The number of unbranched alkanes of at least 4 members (excludes halogenated alkanes) is 1. The largest absolute Gasteiger partial charge is 0.383 e. The van der Waals surface area contributed by atoms with Crippen LogP contribution in [-0.2, 0) is 6.42 Å². The van der Waals surface area contributed by atoms with Gasteiger partial charge in [-0.25, -0.2) is 4.39 Å². The number of hydrogen-bond acceptors (Lipinski definition) is 4. The molecule has 4 heterocycles. The topological polar surface area (TPSA) is 0 Å². The van der Waals surface area contributed by atoms with E-state index in [1.807, 2.05) is 6.07 Å². The first-order valence-electron chi connectivity index (χ1n) is 10.00. The van der Waals surface area contributed by atoms with Crippen LogP contribution in [0.15, 0.2) is 24.0 Å². The van der Waals surface area contributed by atoms with Gasteiger partial charge in [0.25, 0.3) is 0 Å². The van der Waals surface area contributed by atoms with E-state index >= 15 is 0 Å². The Kier molecular flexibility index (Phi) is 5.32. The van der Waals surface area contributed by atoms with Crippen molar-refractivity contribution in [2.45, 2.75) is 50.9 Å². The van der Waals surface area contributed by atoms with Crippen molar-refractivity contribution in [2.75, 3.05) is 0 Å². The Morgan fingerprint density at radius 1 is 0.788 bits per heavy atom. The maximum absolute atomic E-state index is 14.3. The number of halogens is 7. The molecule has 4 aromatic rings. The van der Waals surface area contributed by atoms with Crippen LogP contribution in [0, 0.1) is 6.92 Å². The summed E-state index contributed by atoms with van der Waals surface area (Å²) in [7, 11) is 0. The Morgan fingerprint density at radius 3 is 2.06 bits per heavy atom. The van der Waals surface area contributed by atoms with Crippen LogP contribution in [0.1, 0.15) is 35.1 Å². The van der Waals surface area contributed by atoms with Gasteiger partial charge in [-0.3, -0.25) is 0 Å². The number of hydrogen-bond donors (Lipinski definition) is 0. The summed E-state index contributed by atoms with van der Waals surface area (Å²) in [6, 6.07) is 5.17. The summed E-state index contributed by atoms with van der Waals surface area (Å²) in [5.74, 6) is -19.5. The molecule has 0 saturated heterocycles. The van der Waals surface area contributed by atoms with E-state index in [0.717, 1.165) is 50.8 Å². The Morgan fingerprint density at radius 2 is 1.42 bits per heavy atom. The molecule has 33 heavy (non-hydrogen) atoms. The number of alkyl halides is 6. The molecule has 0 bridgehead atoms. The lowest BCUT2D eigenvalue weighted by Gasteiger charge is -2.24. The Balaban J connectivity index is 1.57. The highest BCUT2D eigenvalue weighted by Crippen LogP contribution is 2.63. The molecule has 0 aliphatic heterocycles. The maximum atomic E-state index is 14.3. The highest BCUT2D eigenvalue weighted by atomic mass is 32.1. The Labute approximate surface area is 200 Å². The van der Waals surface area contributed by atoms with Gasteiger partial charge in [0, 0.05) is 34.5 Å². The highest BCUT2D eigenvalue weighted by molar-refractivity contribution is 7.39. The van der Waals surface area contributed by atoms with Gasteiger partial charge in [-0.15, -0.1) is 45.3 Å². The molecule has 0 radical (unpaired) electrons. The second-order valence-electron chi connectivity index (χ2n) is 7.91. The summed E-state index contributed by atoms with van der Waals surface area (Å²) in [5.41, 5.74) is -2.52. The van der Waals surface area contributed by atoms with E-state index in [0.29, 0.717) is 9.75 Å². The van der Waals surface area contributed by atoms with Crippen molar-refractivity contribution in [2.24, 2.45) is 0 Å². The van der Waals surface area contributed by atoms with Crippen LogP contribution in [0.25, 0.3) is 34.1 Å². The van der Waals surface area contributed by atoms with Crippen molar-refractivity contribution in [3.63, 3.8) is 0 Å². The molecule has 4 aromatic heterocycles.